The van der Waals surface area contributed by atoms with Crippen molar-refractivity contribution in [1.82, 2.24) is 0 Å². The van der Waals surface area contributed by atoms with Crippen LogP contribution >= 0.6 is 0 Å². The largest absolute Gasteiger partial charge is 0.496 e. The molecule has 3 heteroatoms. The van der Waals surface area contributed by atoms with Crippen molar-refractivity contribution in [2.45, 2.75) is 25.8 Å². The maximum atomic E-state index is 6.22. The Bertz CT molecular complexity index is 386. The maximum Gasteiger partial charge on any atom is 0.130 e. The highest BCUT2D eigenvalue weighted by atomic mass is 16.5. The summed E-state index contributed by atoms with van der Waals surface area (Å²) in [6, 6.07) is 4.09. The van der Waals surface area contributed by atoms with Crippen molar-refractivity contribution in [3.8, 4) is 11.5 Å². The molecule has 1 fully saturated rings. The Labute approximate surface area is 96.5 Å². The minimum Gasteiger partial charge on any atom is -0.496 e. The number of ether oxygens (including phenoxy) is 2. The Morgan fingerprint density at radius 3 is 2.44 bits per heavy atom. The van der Waals surface area contributed by atoms with Crippen LogP contribution in [0.1, 0.15) is 30.0 Å². The average molecular weight is 221 g/mol. The molecular formula is C13H19NO2. The van der Waals surface area contributed by atoms with E-state index >= 15 is 0 Å². The number of hydrogen-bond donors (Lipinski definition) is 1. The first-order valence-corrected chi connectivity index (χ1v) is 5.66. The van der Waals surface area contributed by atoms with Gasteiger partial charge >= 0.3 is 0 Å². The van der Waals surface area contributed by atoms with Crippen LogP contribution < -0.4 is 15.2 Å². The zero-order chi connectivity index (χ0) is 11.7. The monoisotopic (exact) mass is 221 g/mol. The van der Waals surface area contributed by atoms with Crippen LogP contribution in [0.3, 0.4) is 0 Å². The highest BCUT2D eigenvalue weighted by Gasteiger charge is 2.31. The summed E-state index contributed by atoms with van der Waals surface area (Å²) >= 11 is 0. The summed E-state index contributed by atoms with van der Waals surface area (Å²) in [6.07, 6.45) is 2.46. The molecule has 0 aromatic heterocycles. The first-order valence-electron chi connectivity index (χ1n) is 5.66. The van der Waals surface area contributed by atoms with E-state index in [0.717, 1.165) is 22.6 Å². The van der Waals surface area contributed by atoms with Crippen LogP contribution in [0, 0.1) is 12.8 Å². The Morgan fingerprint density at radius 2 is 1.94 bits per heavy atom. The third-order valence-corrected chi connectivity index (χ3v) is 3.30. The van der Waals surface area contributed by atoms with Gasteiger partial charge in [0, 0.05) is 17.2 Å². The van der Waals surface area contributed by atoms with E-state index in [1.807, 2.05) is 19.1 Å². The Hall–Kier alpha value is -1.22. The van der Waals surface area contributed by atoms with Crippen molar-refractivity contribution in [3.63, 3.8) is 0 Å². The molecule has 2 rings (SSSR count). The first-order chi connectivity index (χ1) is 7.69. The van der Waals surface area contributed by atoms with Crippen LogP contribution in [-0.2, 0) is 0 Å². The molecule has 0 bridgehead atoms. The number of methoxy groups -OCH3 is 2. The van der Waals surface area contributed by atoms with Crippen molar-refractivity contribution in [3.05, 3.63) is 23.3 Å². The van der Waals surface area contributed by atoms with Gasteiger partial charge in [-0.25, -0.2) is 0 Å². The fourth-order valence-corrected chi connectivity index (χ4v) is 2.16. The topological polar surface area (TPSA) is 44.5 Å². The molecule has 0 radical (unpaired) electrons. The second kappa shape index (κ2) is 4.34. The summed E-state index contributed by atoms with van der Waals surface area (Å²) in [5, 5.41) is 0. The van der Waals surface area contributed by atoms with Crippen molar-refractivity contribution < 1.29 is 9.47 Å². The van der Waals surface area contributed by atoms with Gasteiger partial charge in [-0.15, -0.1) is 0 Å². The minimum absolute atomic E-state index is 0.0968. The third kappa shape index (κ3) is 1.87. The first kappa shape index (κ1) is 11.3. The number of nitrogens with two attached hydrogens (primary N) is 1. The van der Waals surface area contributed by atoms with Crippen molar-refractivity contribution in [1.29, 1.82) is 0 Å². The second-order valence-electron chi connectivity index (χ2n) is 4.38. The average Bonchev–Trinajstić information content (AvgIpc) is 3.11. The van der Waals surface area contributed by atoms with E-state index < -0.39 is 0 Å². The molecule has 1 saturated carbocycles. The van der Waals surface area contributed by atoms with Gasteiger partial charge in [-0.3, -0.25) is 0 Å². The predicted octanol–water partition coefficient (Wildman–Crippen LogP) is 2.42. The Kier molecular flexibility index (Phi) is 3.06. The second-order valence-corrected chi connectivity index (χ2v) is 4.38. The molecule has 0 heterocycles. The van der Waals surface area contributed by atoms with Gasteiger partial charge in [0.1, 0.15) is 11.5 Å². The van der Waals surface area contributed by atoms with Crippen LogP contribution in [0.25, 0.3) is 0 Å². The lowest BCUT2D eigenvalue weighted by Crippen LogP contribution is -2.14. The van der Waals surface area contributed by atoms with Gasteiger partial charge in [0.15, 0.2) is 0 Å². The lowest BCUT2D eigenvalue weighted by atomic mass is 9.99. The number of rotatable bonds is 4. The van der Waals surface area contributed by atoms with Crippen LogP contribution in [-0.4, -0.2) is 14.2 Å². The molecule has 2 N–H and O–H groups in total. The normalized spacial score (nSPS) is 17.0. The van der Waals surface area contributed by atoms with Gasteiger partial charge in [-0.05, 0) is 31.7 Å². The van der Waals surface area contributed by atoms with E-state index in [-0.39, 0.29) is 6.04 Å². The molecule has 16 heavy (non-hydrogen) atoms. The Balaban J connectivity index is 2.40. The lowest BCUT2D eigenvalue weighted by Gasteiger charge is -2.18. The summed E-state index contributed by atoms with van der Waals surface area (Å²) in [5.41, 5.74) is 8.34. The SMILES string of the molecule is COc1ccc(C(N)C2CC2)c(OC)c1C. The minimum atomic E-state index is 0.0968. The fraction of sp³-hybridized carbons (Fsp3) is 0.538. The molecule has 0 amide bonds. The van der Waals surface area contributed by atoms with Crippen LogP contribution in [0.2, 0.25) is 0 Å². The van der Waals surface area contributed by atoms with Crippen LogP contribution in [0.5, 0.6) is 11.5 Å². The summed E-state index contributed by atoms with van der Waals surface area (Å²) in [7, 11) is 3.35. The standard InChI is InChI=1S/C13H19NO2/c1-8-11(15-2)7-6-10(13(8)16-3)12(14)9-4-5-9/h6-7,9,12H,4-5,14H2,1-3H3. The van der Waals surface area contributed by atoms with Crippen LogP contribution in [0.4, 0.5) is 0 Å². The predicted molar refractivity (Wildman–Crippen MR) is 63.9 cm³/mol. The van der Waals surface area contributed by atoms with Gasteiger partial charge in [0.05, 0.1) is 14.2 Å². The molecule has 1 atom stereocenters. The highest BCUT2D eigenvalue weighted by Crippen LogP contribution is 2.44. The molecule has 1 aromatic rings. The summed E-state index contributed by atoms with van der Waals surface area (Å²) in [4.78, 5) is 0. The zero-order valence-electron chi connectivity index (χ0n) is 10.1. The van der Waals surface area contributed by atoms with Crippen molar-refractivity contribution >= 4 is 0 Å². The summed E-state index contributed by atoms with van der Waals surface area (Å²) in [5.74, 6) is 2.35. The molecule has 1 aromatic carbocycles. The fourth-order valence-electron chi connectivity index (χ4n) is 2.16. The molecule has 3 nitrogen and oxygen atoms in total. The number of hydrogen-bond acceptors (Lipinski definition) is 3. The van der Waals surface area contributed by atoms with Crippen LogP contribution in [0.15, 0.2) is 12.1 Å². The van der Waals surface area contributed by atoms with Gasteiger partial charge in [0.25, 0.3) is 0 Å². The van der Waals surface area contributed by atoms with Crippen molar-refractivity contribution in [2.75, 3.05) is 14.2 Å². The van der Waals surface area contributed by atoms with Gasteiger partial charge < -0.3 is 15.2 Å². The maximum absolute atomic E-state index is 6.22. The Morgan fingerprint density at radius 1 is 1.25 bits per heavy atom. The van der Waals surface area contributed by atoms with Gasteiger partial charge in [0.2, 0.25) is 0 Å². The van der Waals surface area contributed by atoms with E-state index in [1.54, 1.807) is 14.2 Å². The van der Waals surface area contributed by atoms with Gasteiger partial charge in [-0.2, -0.15) is 0 Å². The molecule has 88 valence electrons. The van der Waals surface area contributed by atoms with Crippen molar-refractivity contribution in [2.24, 2.45) is 11.7 Å². The smallest absolute Gasteiger partial charge is 0.130 e. The molecule has 1 unspecified atom stereocenters. The van der Waals surface area contributed by atoms with E-state index in [2.05, 4.69) is 0 Å². The van der Waals surface area contributed by atoms with E-state index in [4.69, 9.17) is 15.2 Å². The number of benzene rings is 1. The summed E-state index contributed by atoms with van der Waals surface area (Å²) in [6.45, 7) is 2.00. The molecule has 1 aliphatic carbocycles. The van der Waals surface area contributed by atoms with E-state index in [0.29, 0.717) is 5.92 Å². The third-order valence-electron chi connectivity index (χ3n) is 3.30. The quantitative estimate of drug-likeness (QED) is 0.849. The molecule has 1 aliphatic rings. The zero-order valence-corrected chi connectivity index (χ0v) is 10.1. The van der Waals surface area contributed by atoms with E-state index in [1.165, 1.54) is 12.8 Å². The molecule has 0 saturated heterocycles. The lowest BCUT2D eigenvalue weighted by molar-refractivity contribution is 0.381. The molecular weight excluding hydrogens is 202 g/mol. The van der Waals surface area contributed by atoms with E-state index in [9.17, 15) is 0 Å². The molecule has 0 spiro atoms. The molecule has 0 aliphatic heterocycles. The summed E-state index contributed by atoms with van der Waals surface area (Å²) < 4.78 is 10.7. The van der Waals surface area contributed by atoms with Gasteiger partial charge in [-0.1, -0.05) is 6.07 Å². The highest BCUT2D eigenvalue weighted by molar-refractivity contribution is 5.50.